The van der Waals surface area contributed by atoms with Crippen LogP contribution in [0.3, 0.4) is 0 Å². The SMILES string of the molecule is COc1cccc(Cl)c1CNC(=O)C(N)CCS(C)(=O)=O. The van der Waals surface area contributed by atoms with E-state index in [1.165, 1.54) is 7.11 Å². The van der Waals surface area contributed by atoms with E-state index in [0.29, 0.717) is 16.3 Å². The van der Waals surface area contributed by atoms with Crippen molar-refractivity contribution < 1.29 is 17.9 Å². The number of halogens is 1. The van der Waals surface area contributed by atoms with Crippen molar-refractivity contribution in [2.75, 3.05) is 19.1 Å². The molecule has 1 rings (SSSR count). The number of carbonyl (C=O) groups is 1. The van der Waals surface area contributed by atoms with E-state index >= 15 is 0 Å². The number of carbonyl (C=O) groups excluding carboxylic acids is 1. The summed E-state index contributed by atoms with van der Waals surface area (Å²) < 4.78 is 27.3. The van der Waals surface area contributed by atoms with E-state index in [2.05, 4.69) is 5.32 Å². The van der Waals surface area contributed by atoms with E-state index in [0.717, 1.165) is 6.26 Å². The maximum Gasteiger partial charge on any atom is 0.237 e. The highest BCUT2D eigenvalue weighted by atomic mass is 35.5. The standard InChI is InChI=1S/C13H19ClN2O4S/c1-20-12-5-3-4-10(14)9(12)8-16-13(17)11(15)6-7-21(2,18)19/h3-5,11H,6-8,15H2,1-2H3,(H,16,17). The molecule has 0 spiro atoms. The molecule has 3 N–H and O–H groups in total. The van der Waals surface area contributed by atoms with E-state index in [4.69, 9.17) is 22.1 Å². The molecule has 1 amide bonds. The summed E-state index contributed by atoms with van der Waals surface area (Å²) in [4.78, 5) is 11.8. The molecule has 0 aliphatic rings. The molecule has 21 heavy (non-hydrogen) atoms. The third kappa shape index (κ3) is 5.91. The fourth-order valence-corrected chi connectivity index (χ4v) is 2.60. The van der Waals surface area contributed by atoms with Gasteiger partial charge >= 0.3 is 0 Å². The summed E-state index contributed by atoms with van der Waals surface area (Å²) in [5.41, 5.74) is 6.30. The summed E-state index contributed by atoms with van der Waals surface area (Å²) in [5, 5.41) is 3.10. The molecule has 0 saturated carbocycles. The normalized spacial score (nSPS) is 12.8. The predicted molar refractivity (Wildman–Crippen MR) is 82.2 cm³/mol. The van der Waals surface area contributed by atoms with Crippen LogP contribution in [0, 0.1) is 0 Å². The van der Waals surface area contributed by atoms with Crippen molar-refractivity contribution in [2.24, 2.45) is 5.73 Å². The molecule has 0 aromatic heterocycles. The molecular weight excluding hydrogens is 316 g/mol. The van der Waals surface area contributed by atoms with Gasteiger partial charge in [-0.05, 0) is 18.6 Å². The molecule has 0 aliphatic carbocycles. The molecule has 8 heteroatoms. The van der Waals surface area contributed by atoms with Crippen LogP contribution in [0.1, 0.15) is 12.0 Å². The van der Waals surface area contributed by atoms with E-state index in [9.17, 15) is 13.2 Å². The third-order valence-electron chi connectivity index (χ3n) is 2.87. The lowest BCUT2D eigenvalue weighted by atomic mass is 10.2. The van der Waals surface area contributed by atoms with Gasteiger partial charge < -0.3 is 15.8 Å². The fourth-order valence-electron chi connectivity index (χ4n) is 1.68. The van der Waals surface area contributed by atoms with Gasteiger partial charge in [-0.25, -0.2) is 8.42 Å². The van der Waals surface area contributed by atoms with Crippen molar-refractivity contribution in [3.05, 3.63) is 28.8 Å². The molecule has 118 valence electrons. The van der Waals surface area contributed by atoms with Crippen molar-refractivity contribution in [1.82, 2.24) is 5.32 Å². The Morgan fingerprint density at radius 1 is 1.48 bits per heavy atom. The molecule has 6 nitrogen and oxygen atoms in total. The summed E-state index contributed by atoms with van der Waals surface area (Å²) in [6.45, 7) is 0.161. The zero-order valence-electron chi connectivity index (χ0n) is 11.9. The minimum atomic E-state index is -3.14. The second-order valence-electron chi connectivity index (χ2n) is 4.66. The summed E-state index contributed by atoms with van der Waals surface area (Å²) in [5.74, 6) is 0.00455. The molecule has 0 fully saturated rings. The van der Waals surface area contributed by atoms with Crippen molar-refractivity contribution >= 4 is 27.3 Å². The van der Waals surface area contributed by atoms with Gasteiger partial charge in [0.1, 0.15) is 15.6 Å². The number of hydrogen-bond acceptors (Lipinski definition) is 5. The number of ether oxygens (including phenoxy) is 1. The average molecular weight is 335 g/mol. The van der Waals surface area contributed by atoms with Crippen LogP contribution in [-0.2, 0) is 21.2 Å². The number of nitrogens with one attached hydrogen (secondary N) is 1. The van der Waals surface area contributed by atoms with Crippen LogP contribution in [0.5, 0.6) is 5.75 Å². The number of benzene rings is 1. The second kappa shape index (κ2) is 7.63. The minimum Gasteiger partial charge on any atom is -0.496 e. The first-order chi connectivity index (χ1) is 9.74. The summed E-state index contributed by atoms with van der Waals surface area (Å²) in [6, 6.07) is 4.28. The molecule has 1 atom stereocenters. The molecule has 0 aliphatic heterocycles. The Hall–Kier alpha value is -1.31. The molecule has 1 unspecified atom stereocenters. The first-order valence-corrected chi connectivity index (χ1v) is 8.71. The first kappa shape index (κ1) is 17.7. The molecule has 0 bridgehead atoms. The topological polar surface area (TPSA) is 98.5 Å². The van der Waals surface area contributed by atoms with E-state index in [1.807, 2.05) is 0 Å². The van der Waals surface area contributed by atoms with Gasteiger partial charge in [0.25, 0.3) is 0 Å². The average Bonchev–Trinajstić information content (AvgIpc) is 2.41. The lowest BCUT2D eigenvalue weighted by Crippen LogP contribution is -2.41. The van der Waals surface area contributed by atoms with E-state index < -0.39 is 21.8 Å². The van der Waals surface area contributed by atoms with Crippen LogP contribution in [0.4, 0.5) is 0 Å². The molecular formula is C13H19ClN2O4S. The molecule has 0 heterocycles. The smallest absolute Gasteiger partial charge is 0.237 e. The van der Waals surface area contributed by atoms with Crippen molar-refractivity contribution in [1.29, 1.82) is 0 Å². The van der Waals surface area contributed by atoms with Crippen LogP contribution in [0.25, 0.3) is 0 Å². The maximum absolute atomic E-state index is 11.8. The van der Waals surface area contributed by atoms with Gasteiger partial charge in [0.15, 0.2) is 0 Å². The lowest BCUT2D eigenvalue weighted by Gasteiger charge is -2.14. The second-order valence-corrected chi connectivity index (χ2v) is 7.33. The number of sulfone groups is 1. The predicted octanol–water partition coefficient (Wildman–Crippen LogP) is 0.727. The highest BCUT2D eigenvalue weighted by molar-refractivity contribution is 7.90. The number of amides is 1. The number of nitrogens with two attached hydrogens (primary N) is 1. The Morgan fingerprint density at radius 2 is 2.14 bits per heavy atom. The summed E-state index contributed by atoms with van der Waals surface area (Å²) in [7, 11) is -1.63. The van der Waals surface area contributed by atoms with Gasteiger partial charge in [-0.2, -0.15) is 0 Å². The van der Waals surface area contributed by atoms with Gasteiger partial charge in [0.2, 0.25) is 5.91 Å². The lowest BCUT2D eigenvalue weighted by molar-refractivity contribution is -0.122. The van der Waals surface area contributed by atoms with Crippen molar-refractivity contribution in [2.45, 2.75) is 19.0 Å². The summed E-state index contributed by atoms with van der Waals surface area (Å²) >= 11 is 6.05. The Kier molecular flexibility index (Phi) is 6.44. The Morgan fingerprint density at radius 3 is 2.71 bits per heavy atom. The molecule has 0 radical (unpaired) electrons. The molecule has 1 aromatic carbocycles. The quantitative estimate of drug-likeness (QED) is 0.765. The number of hydrogen-bond donors (Lipinski definition) is 2. The number of rotatable bonds is 7. The van der Waals surface area contributed by atoms with E-state index in [-0.39, 0.29) is 18.7 Å². The zero-order chi connectivity index (χ0) is 16.0. The maximum atomic E-state index is 11.8. The number of methoxy groups -OCH3 is 1. The van der Waals surface area contributed by atoms with Crippen LogP contribution in [0.15, 0.2) is 18.2 Å². The Labute approximate surface area is 129 Å². The molecule has 0 saturated heterocycles. The third-order valence-corrected chi connectivity index (χ3v) is 4.20. The first-order valence-electron chi connectivity index (χ1n) is 6.27. The monoisotopic (exact) mass is 334 g/mol. The highest BCUT2D eigenvalue weighted by Crippen LogP contribution is 2.25. The summed E-state index contributed by atoms with van der Waals surface area (Å²) in [6.07, 6.45) is 1.18. The Balaban J connectivity index is 2.61. The fraction of sp³-hybridized carbons (Fsp3) is 0.462. The van der Waals surface area contributed by atoms with Crippen LogP contribution in [-0.4, -0.2) is 39.5 Å². The van der Waals surface area contributed by atoms with Crippen molar-refractivity contribution in [3.8, 4) is 5.75 Å². The van der Waals surface area contributed by atoms with Gasteiger partial charge in [-0.3, -0.25) is 4.79 Å². The minimum absolute atomic E-state index is 0.0737. The van der Waals surface area contributed by atoms with Crippen LogP contribution in [0.2, 0.25) is 5.02 Å². The van der Waals surface area contributed by atoms with Gasteiger partial charge in [0.05, 0.1) is 18.9 Å². The zero-order valence-corrected chi connectivity index (χ0v) is 13.5. The van der Waals surface area contributed by atoms with Gasteiger partial charge in [-0.1, -0.05) is 17.7 Å². The highest BCUT2D eigenvalue weighted by Gasteiger charge is 2.17. The van der Waals surface area contributed by atoms with E-state index in [1.54, 1.807) is 18.2 Å². The van der Waals surface area contributed by atoms with Gasteiger partial charge in [0, 0.05) is 23.4 Å². The largest absolute Gasteiger partial charge is 0.496 e. The Bertz CT molecular complexity index is 604. The van der Waals surface area contributed by atoms with Crippen LogP contribution >= 0.6 is 11.6 Å². The van der Waals surface area contributed by atoms with Crippen molar-refractivity contribution in [3.63, 3.8) is 0 Å². The van der Waals surface area contributed by atoms with Gasteiger partial charge in [-0.15, -0.1) is 0 Å². The molecule has 1 aromatic rings. The van der Waals surface area contributed by atoms with Crippen LogP contribution < -0.4 is 15.8 Å².